The molecular formula is C28H34FN7O2. The van der Waals surface area contributed by atoms with Crippen molar-refractivity contribution in [3.63, 3.8) is 0 Å². The van der Waals surface area contributed by atoms with E-state index in [1.807, 2.05) is 22.8 Å². The maximum Gasteiger partial charge on any atom is 0.439 e. The van der Waals surface area contributed by atoms with Crippen LogP contribution in [0.15, 0.2) is 39.6 Å². The topological polar surface area (TPSA) is 115 Å². The first-order valence-electron chi connectivity index (χ1n) is 13.8. The zero-order valence-electron chi connectivity index (χ0n) is 21.9. The number of fused-ring (bicyclic) bond motifs is 1. The fourth-order valence-corrected chi connectivity index (χ4v) is 5.78. The number of halogens is 1. The monoisotopic (exact) mass is 519 g/mol. The number of rotatable bonds is 8. The van der Waals surface area contributed by atoms with Crippen molar-refractivity contribution >= 4 is 17.0 Å². The van der Waals surface area contributed by atoms with Crippen LogP contribution < -0.4 is 11.1 Å². The van der Waals surface area contributed by atoms with Crippen LogP contribution in [0.5, 0.6) is 0 Å². The van der Waals surface area contributed by atoms with E-state index in [2.05, 4.69) is 34.3 Å². The number of aromatic amines is 1. The molecule has 0 aliphatic heterocycles. The largest absolute Gasteiger partial charge is 0.439 e. The van der Waals surface area contributed by atoms with Crippen molar-refractivity contribution in [2.45, 2.75) is 77.6 Å². The predicted octanol–water partition coefficient (Wildman–Crippen LogP) is 5.66. The third-order valence-corrected chi connectivity index (χ3v) is 8.40. The van der Waals surface area contributed by atoms with E-state index in [1.165, 1.54) is 19.3 Å². The van der Waals surface area contributed by atoms with E-state index in [0.717, 1.165) is 31.6 Å². The number of nitrogens with one attached hydrogen (secondary N) is 2. The van der Waals surface area contributed by atoms with Crippen LogP contribution in [0.25, 0.3) is 22.8 Å². The molecule has 3 heterocycles. The summed E-state index contributed by atoms with van der Waals surface area (Å²) in [6, 6.07) is 9.29. The summed E-state index contributed by atoms with van der Waals surface area (Å²) in [5.74, 6) is 2.21. The molecule has 0 radical (unpaired) electrons. The summed E-state index contributed by atoms with van der Waals surface area (Å²) in [5, 5.41) is 7.38. The molecule has 2 fully saturated rings. The Bertz CT molecular complexity index is 1450. The summed E-state index contributed by atoms with van der Waals surface area (Å²) in [4.78, 5) is 28.3. The van der Waals surface area contributed by atoms with Crippen LogP contribution in [0, 0.1) is 17.8 Å². The van der Waals surface area contributed by atoms with E-state index in [4.69, 9.17) is 14.5 Å². The van der Waals surface area contributed by atoms with Gasteiger partial charge in [-0.25, -0.2) is 24.1 Å². The Kier molecular flexibility index (Phi) is 6.71. The van der Waals surface area contributed by atoms with Crippen LogP contribution in [0.2, 0.25) is 0 Å². The van der Waals surface area contributed by atoms with Crippen LogP contribution in [0.3, 0.4) is 0 Å². The average Bonchev–Trinajstić information content (AvgIpc) is 3.48. The Hall–Kier alpha value is -3.56. The van der Waals surface area contributed by atoms with Crippen molar-refractivity contribution in [2.75, 3.05) is 5.32 Å². The summed E-state index contributed by atoms with van der Waals surface area (Å²) in [6.07, 6.45) is 6.69. The minimum Gasteiger partial charge on any atom is -0.365 e. The van der Waals surface area contributed by atoms with Gasteiger partial charge in [0.1, 0.15) is 5.52 Å². The van der Waals surface area contributed by atoms with Crippen LogP contribution in [-0.4, -0.2) is 35.7 Å². The Morgan fingerprint density at radius 3 is 2.53 bits per heavy atom. The quantitative estimate of drug-likeness (QED) is 0.309. The fraction of sp³-hybridized carbons (Fsp3) is 0.536. The first kappa shape index (κ1) is 24.8. The number of imidazole rings is 1. The first-order chi connectivity index (χ1) is 18.5. The lowest BCUT2D eigenvalue weighted by atomic mass is 9.80. The molecule has 2 N–H and O–H groups in total. The average molecular weight is 520 g/mol. The highest BCUT2D eigenvalue weighted by Gasteiger charge is 2.30. The van der Waals surface area contributed by atoms with E-state index in [9.17, 15) is 4.79 Å². The van der Waals surface area contributed by atoms with Gasteiger partial charge in [0.05, 0.1) is 0 Å². The molecule has 1 aromatic carbocycles. The van der Waals surface area contributed by atoms with Gasteiger partial charge in [-0.3, -0.25) is 9.51 Å². The Morgan fingerprint density at radius 2 is 1.87 bits per heavy atom. The van der Waals surface area contributed by atoms with Crippen molar-refractivity contribution in [1.29, 1.82) is 0 Å². The molecule has 2 atom stereocenters. The van der Waals surface area contributed by atoms with Gasteiger partial charge in [0.25, 0.3) is 0 Å². The number of anilines is 1. The second kappa shape index (κ2) is 10.3. The number of H-pyrrole nitrogens is 1. The molecule has 10 heteroatoms. The van der Waals surface area contributed by atoms with Gasteiger partial charge < -0.3 is 9.88 Å². The van der Waals surface area contributed by atoms with E-state index in [0.29, 0.717) is 46.8 Å². The molecule has 0 spiro atoms. The molecule has 4 aromatic rings. The standard InChI is InChI=1S/C28H34FN7O2/c1-16-11-13-18(14-12-16)15-36-22-23(30-17(2)19-9-6-10-19)31-25(26-34-28(37)38-35-26)32-24(22)33-27(36)21(29)20-7-4-3-5-8-20/h3-5,7-8,16-19,21H,6,9-15H2,1-2H3,(H,30,31,32)(H,34,35,37)/t16?,17-,18?,21?/m1/s1. The number of nitrogens with zero attached hydrogens (tertiary/aromatic N) is 5. The SMILES string of the molecule is CC1CCC(Cn2c(C(F)c3ccccc3)nc3nc(-c4noc(=O)[nH]4)nc(N[C@H](C)C4CCC4)c32)CC1. The lowest BCUT2D eigenvalue weighted by molar-refractivity contribution is 0.259. The normalized spacial score (nSPS) is 21.8. The van der Waals surface area contributed by atoms with Crippen molar-refractivity contribution in [3.05, 3.63) is 52.3 Å². The third-order valence-electron chi connectivity index (χ3n) is 8.40. The fourth-order valence-electron chi connectivity index (χ4n) is 5.78. The Labute approximate surface area is 220 Å². The molecular weight excluding hydrogens is 485 g/mol. The predicted molar refractivity (Wildman–Crippen MR) is 142 cm³/mol. The van der Waals surface area contributed by atoms with E-state index in [1.54, 1.807) is 12.1 Å². The summed E-state index contributed by atoms with van der Waals surface area (Å²) in [7, 11) is 0. The molecule has 0 bridgehead atoms. The highest BCUT2D eigenvalue weighted by Crippen LogP contribution is 2.37. The molecule has 2 aliphatic rings. The van der Waals surface area contributed by atoms with E-state index in [-0.39, 0.29) is 17.7 Å². The molecule has 2 aliphatic carbocycles. The van der Waals surface area contributed by atoms with Crippen molar-refractivity contribution in [3.8, 4) is 11.6 Å². The van der Waals surface area contributed by atoms with Gasteiger partial charge >= 0.3 is 5.76 Å². The third kappa shape index (κ3) is 4.83. The molecule has 3 aromatic heterocycles. The maximum absolute atomic E-state index is 16.2. The number of hydrogen-bond acceptors (Lipinski definition) is 7. The second-order valence-electron chi connectivity index (χ2n) is 11.1. The first-order valence-corrected chi connectivity index (χ1v) is 13.8. The molecule has 200 valence electrons. The molecule has 38 heavy (non-hydrogen) atoms. The summed E-state index contributed by atoms with van der Waals surface area (Å²) >= 11 is 0. The molecule has 0 saturated heterocycles. The van der Waals surface area contributed by atoms with Crippen LogP contribution in [0.4, 0.5) is 10.2 Å². The molecule has 2 saturated carbocycles. The summed E-state index contributed by atoms with van der Waals surface area (Å²) in [5.41, 5.74) is 1.62. The summed E-state index contributed by atoms with van der Waals surface area (Å²) in [6.45, 7) is 5.11. The maximum atomic E-state index is 16.2. The molecule has 9 nitrogen and oxygen atoms in total. The van der Waals surface area contributed by atoms with Gasteiger partial charge in [-0.1, -0.05) is 61.7 Å². The zero-order chi connectivity index (χ0) is 26.2. The molecule has 0 amide bonds. The summed E-state index contributed by atoms with van der Waals surface area (Å²) < 4.78 is 22.9. The highest BCUT2D eigenvalue weighted by atomic mass is 19.1. The van der Waals surface area contributed by atoms with Gasteiger partial charge in [0.2, 0.25) is 11.6 Å². The van der Waals surface area contributed by atoms with Crippen molar-refractivity contribution < 1.29 is 8.91 Å². The lowest BCUT2D eigenvalue weighted by Crippen LogP contribution is -2.31. The molecule has 1 unspecified atom stereocenters. The van der Waals surface area contributed by atoms with E-state index < -0.39 is 11.9 Å². The van der Waals surface area contributed by atoms with Crippen molar-refractivity contribution in [2.24, 2.45) is 17.8 Å². The molecule has 6 rings (SSSR count). The zero-order valence-corrected chi connectivity index (χ0v) is 21.9. The highest BCUT2D eigenvalue weighted by molar-refractivity contribution is 5.86. The van der Waals surface area contributed by atoms with Crippen molar-refractivity contribution in [1.82, 2.24) is 29.7 Å². The van der Waals surface area contributed by atoms with Gasteiger partial charge in [0, 0.05) is 12.6 Å². The second-order valence-corrected chi connectivity index (χ2v) is 11.1. The minimum absolute atomic E-state index is 0.119. The van der Waals surface area contributed by atoms with Gasteiger partial charge in [0.15, 0.2) is 23.5 Å². The minimum atomic E-state index is -1.42. The number of hydrogen-bond donors (Lipinski definition) is 2. The Balaban J connectivity index is 1.50. The van der Waals surface area contributed by atoms with Gasteiger partial charge in [-0.2, -0.15) is 0 Å². The Morgan fingerprint density at radius 1 is 1.11 bits per heavy atom. The lowest BCUT2D eigenvalue weighted by Gasteiger charge is -2.32. The van der Waals surface area contributed by atoms with E-state index >= 15 is 4.39 Å². The van der Waals surface area contributed by atoms with Gasteiger partial charge in [-0.15, -0.1) is 0 Å². The van der Waals surface area contributed by atoms with Crippen LogP contribution in [-0.2, 0) is 6.54 Å². The number of aromatic nitrogens is 6. The van der Waals surface area contributed by atoms with Gasteiger partial charge in [-0.05, 0) is 55.9 Å². The number of benzene rings is 1. The van der Waals surface area contributed by atoms with Crippen LogP contribution >= 0.6 is 0 Å². The van der Waals surface area contributed by atoms with Crippen LogP contribution in [0.1, 0.15) is 76.4 Å². The smallest absolute Gasteiger partial charge is 0.365 e. The number of alkyl halides is 1.